The van der Waals surface area contributed by atoms with Gasteiger partial charge >= 0.3 is 5.97 Å². The Hall–Kier alpha value is -1.59. The van der Waals surface area contributed by atoms with Crippen LogP contribution in [-0.4, -0.2) is 47.3 Å². The maximum absolute atomic E-state index is 11.8. The quantitative estimate of drug-likeness (QED) is 0.503. The SMILES string of the molecule is CC(=O)O[C@@H]1C[C@@]2(O)[C@H](C)CC[C@@H]([C@H](C)CN3CCC(Cc4ccco4)CC3)[C@H]2C=C1C. The molecule has 1 aliphatic heterocycles. The average Bonchev–Trinajstić information content (AvgIpc) is 3.24. The summed E-state index contributed by atoms with van der Waals surface area (Å²) in [6.45, 7) is 11.4. The molecule has 178 valence electrons. The monoisotopic (exact) mass is 443 g/mol. The third-order valence-electron chi connectivity index (χ3n) is 8.65. The van der Waals surface area contributed by atoms with Crippen LogP contribution in [0.5, 0.6) is 0 Å². The zero-order chi connectivity index (χ0) is 22.9. The third kappa shape index (κ3) is 4.99. The maximum atomic E-state index is 11.8. The van der Waals surface area contributed by atoms with E-state index in [1.807, 2.05) is 6.07 Å². The van der Waals surface area contributed by atoms with Gasteiger partial charge in [0, 0.05) is 32.2 Å². The summed E-state index contributed by atoms with van der Waals surface area (Å²) in [5.41, 5.74) is 0.312. The number of rotatable bonds is 6. The van der Waals surface area contributed by atoms with E-state index in [-0.39, 0.29) is 23.9 Å². The minimum atomic E-state index is -0.785. The fourth-order valence-corrected chi connectivity index (χ4v) is 6.63. The summed E-state index contributed by atoms with van der Waals surface area (Å²) in [4.78, 5) is 14.2. The molecule has 0 bridgehead atoms. The normalized spacial score (nSPS) is 35.1. The third-order valence-corrected chi connectivity index (χ3v) is 8.65. The fourth-order valence-electron chi connectivity index (χ4n) is 6.63. The van der Waals surface area contributed by atoms with Gasteiger partial charge in [0.15, 0.2) is 0 Å². The number of furan rings is 1. The van der Waals surface area contributed by atoms with Gasteiger partial charge in [0.05, 0.1) is 11.9 Å². The van der Waals surface area contributed by atoms with Crippen LogP contribution in [0.4, 0.5) is 0 Å². The molecule has 1 saturated carbocycles. The highest BCUT2D eigenvalue weighted by Gasteiger charge is 2.52. The van der Waals surface area contributed by atoms with Crippen molar-refractivity contribution < 1.29 is 19.1 Å². The second-order valence-electron chi connectivity index (χ2n) is 10.9. The molecule has 5 nitrogen and oxygen atoms in total. The largest absolute Gasteiger partial charge is 0.469 e. The molecule has 5 heteroatoms. The summed E-state index contributed by atoms with van der Waals surface area (Å²) in [7, 11) is 0. The van der Waals surface area contributed by atoms with E-state index in [1.54, 1.807) is 6.26 Å². The van der Waals surface area contributed by atoms with E-state index < -0.39 is 5.60 Å². The molecule has 1 aromatic rings. The van der Waals surface area contributed by atoms with Crippen molar-refractivity contribution in [2.45, 2.75) is 77.9 Å². The van der Waals surface area contributed by atoms with Gasteiger partial charge in [-0.1, -0.05) is 19.9 Å². The number of ether oxygens (including phenoxy) is 1. The van der Waals surface area contributed by atoms with Gasteiger partial charge in [0.2, 0.25) is 0 Å². The first-order valence-corrected chi connectivity index (χ1v) is 12.6. The van der Waals surface area contributed by atoms with Crippen LogP contribution in [0.2, 0.25) is 0 Å². The van der Waals surface area contributed by atoms with Gasteiger partial charge in [-0.05, 0) is 87.1 Å². The molecule has 32 heavy (non-hydrogen) atoms. The molecule has 1 aromatic heterocycles. The summed E-state index contributed by atoms with van der Waals surface area (Å²) in [6.07, 6.45) is 9.95. The number of nitrogens with zero attached hydrogens (tertiary/aromatic N) is 1. The smallest absolute Gasteiger partial charge is 0.303 e. The Kier molecular flexibility index (Phi) is 7.16. The Bertz CT molecular complexity index is 795. The lowest BCUT2D eigenvalue weighted by Crippen LogP contribution is -2.56. The van der Waals surface area contributed by atoms with E-state index >= 15 is 0 Å². The number of carbonyl (C=O) groups is 1. The Morgan fingerprint density at radius 3 is 2.72 bits per heavy atom. The van der Waals surface area contributed by atoms with Crippen molar-refractivity contribution >= 4 is 5.97 Å². The van der Waals surface area contributed by atoms with Crippen LogP contribution in [0.25, 0.3) is 0 Å². The van der Waals surface area contributed by atoms with E-state index in [0.717, 1.165) is 56.1 Å². The van der Waals surface area contributed by atoms with E-state index in [2.05, 4.69) is 37.8 Å². The molecular formula is C27H41NO4. The molecule has 3 aliphatic rings. The molecule has 2 heterocycles. The van der Waals surface area contributed by atoms with Crippen LogP contribution in [0.15, 0.2) is 34.5 Å². The van der Waals surface area contributed by atoms with E-state index in [0.29, 0.717) is 18.3 Å². The number of fused-ring (bicyclic) bond motifs is 1. The lowest BCUT2D eigenvalue weighted by molar-refractivity contribution is -0.159. The van der Waals surface area contributed by atoms with Crippen molar-refractivity contribution in [2.24, 2.45) is 29.6 Å². The number of esters is 1. The van der Waals surface area contributed by atoms with Crippen LogP contribution in [0.1, 0.15) is 65.6 Å². The number of carbonyl (C=O) groups excluding carboxylic acids is 1. The van der Waals surface area contributed by atoms with Crippen LogP contribution in [0, 0.1) is 29.6 Å². The first-order chi connectivity index (χ1) is 15.3. The number of hydrogen-bond donors (Lipinski definition) is 1. The zero-order valence-electron chi connectivity index (χ0n) is 20.3. The summed E-state index contributed by atoms with van der Waals surface area (Å²) >= 11 is 0. The van der Waals surface area contributed by atoms with Crippen LogP contribution in [0.3, 0.4) is 0 Å². The predicted molar refractivity (Wildman–Crippen MR) is 125 cm³/mol. The standard InChI is InChI=1S/C27H41NO4/c1-18-14-25-24(8-7-20(3)27(25,30)16-26(18)32-21(4)29)19(2)17-28-11-9-22(10-12-28)15-23-6-5-13-31-23/h5-6,13-14,19-20,22,24-26,30H,7-12,15-17H2,1-4H3/t19-,20-,24+,25-,26-,27-/m1/s1. The topological polar surface area (TPSA) is 62.9 Å². The molecule has 0 unspecified atom stereocenters. The highest BCUT2D eigenvalue weighted by molar-refractivity contribution is 5.66. The molecule has 1 N–H and O–H groups in total. The van der Waals surface area contributed by atoms with Crippen molar-refractivity contribution in [2.75, 3.05) is 19.6 Å². The lowest BCUT2D eigenvalue weighted by atomic mass is 9.57. The molecule has 0 aromatic carbocycles. The highest BCUT2D eigenvalue weighted by Crippen LogP contribution is 2.51. The predicted octanol–water partition coefficient (Wildman–Crippen LogP) is 4.85. The van der Waals surface area contributed by atoms with Crippen LogP contribution in [-0.2, 0) is 16.0 Å². The number of likely N-dealkylation sites (tertiary alicyclic amines) is 1. The molecule has 0 amide bonds. The van der Waals surface area contributed by atoms with Crippen molar-refractivity contribution in [3.63, 3.8) is 0 Å². The second-order valence-corrected chi connectivity index (χ2v) is 10.9. The Morgan fingerprint density at radius 1 is 1.31 bits per heavy atom. The highest BCUT2D eigenvalue weighted by atomic mass is 16.5. The maximum Gasteiger partial charge on any atom is 0.303 e. The summed E-state index contributed by atoms with van der Waals surface area (Å²) in [5, 5.41) is 11.8. The van der Waals surface area contributed by atoms with Gasteiger partial charge < -0.3 is 19.2 Å². The molecule has 0 radical (unpaired) electrons. The summed E-state index contributed by atoms with van der Waals surface area (Å²) < 4.78 is 11.1. The van der Waals surface area contributed by atoms with Crippen LogP contribution < -0.4 is 0 Å². The summed E-state index contributed by atoms with van der Waals surface area (Å²) in [6, 6.07) is 4.07. The van der Waals surface area contributed by atoms with Crippen LogP contribution >= 0.6 is 0 Å². The van der Waals surface area contributed by atoms with E-state index in [4.69, 9.17) is 9.15 Å². The van der Waals surface area contributed by atoms with Gasteiger partial charge in [-0.25, -0.2) is 0 Å². The van der Waals surface area contributed by atoms with Gasteiger partial charge in [0.1, 0.15) is 11.9 Å². The minimum absolute atomic E-state index is 0.143. The number of aliphatic hydroxyl groups is 1. The Labute approximate surface area is 193 Å². The summed E-state index contributed by atoms with van der Waals surface area (Å²) in [5.74, 6) is 2.91. The Morgan fingerprint density at radius 2 is 2.06 bits per heavy atom. The molecular weight excluding hydrogens is 402 g/mol. The molecule has 4 rings (SSSR count). The Balaban J connectivity index is 1.37. The average molecular weight is 444 g/mol. The number of piperidine rings is 1. The van der Waals surface area contributed by atoms with Crippen molar-refractivity contribution in [3.05, 3.63) is 35.8 Å². The van der Waals surface area contributed by atoms with Gasteiger partial charge in [-0.3, -0.25) is 4.79 Å². The first-order valence-electron chi connectivity index (χ1n) is 12.6. The van der Waals surface area contributed by atoms with Crippen molar-refractivity contribution in [1.29, 1.82) is 0 Å². The fraction of sp³-hybridized carbons (Fsp3) is 0.741. The van der Waals surface area contributed by atoms with Gasteiger partial charge in [-0.2, -0.15) is 0 Å². The number of hydrogen-bond acceptors (Lipinski definition) is 5. The van der Waals surface area contributed by atoms with Crippen molar-refractivity contribution in [1.82, 2.24) is 4.90 Å². The molecule has 6 atom stereocenters. The second kappa shape index (κ2) is 9.72. The molecule has 1 saturated heterocycles. The molecule has 2 aliphatic carbocycles. The molecule has 2 fully saturated rings. The van der Waals surface area contributed by atoms with E-state index in [1.165, 1.54) is 19.8 Å². The zero-order valence-corrected chi connectivity index (χ0v) is 20.3. The van der Waals surface area contributed by atoms with Gasteiger partial charge in [0.25, 0.3) is 0 Å². The lowest BCUT2D eigenvalue weighted by Gasteiger charge is -2.53. The first kappa shape index (κ1) is 23.6. The minimum Gasteiger partial charge on any atom is -0.469 e. The van der Waals surface area contributed by atoms with Gasteiger partial charge in [-0.15, -0.1) is 0 Å². The van der Waals surface area contributed by atoms with Crippen molar-refractivity contribution in [3.8, 4) is 0 Å². The molecule has 0 spiro atoms. The van der Waals surface area contributed by atoms with E-state index in [9.17, 15) is 9.90 Å².